The molecule has 0 aliphatic rings. The molecule has 1 aromatic carbocycles. The van der Waals surface area contributed by atoms with Gasteiger partial charge in [-0.05, 0) is 25.5 Å². The van der Waals surface area contributed by atoms with E-state index in [1.807, 2.05) is 31.2 Å². The maximum absolute atomic E-state index is 12.1. The first kappa shape index (κ1) is 17.7. The summed E-state index contributed by atoms with van der Waals surface area (Å²) in [5.41, 5.74) is 2.12. The molecule has 0 saturated carbocycles. The zero-order valence-electron chi connectivity index (χ0n) is 14.4. The Morgan fingerprint density at radius 2 is 2.04 bits per heavy atom. The van der Waals surface area contributed by atoms with Crippen molar-refractivity contribution in [2.75, 3.05) is 19.0 Å². The van der Waals surface area contributed by atoms with Crippen molar-refractivity contribution in [1.82, 2.24) is 15.3 Å². The molecule has 2 aromatic rings. The lowest BCUT2D eigenvalue weighted by Crippen LogP contribution is -2.26. The predicted octanol–water partition coefficient (Wildman–Crippen LogP) is 2.94. The predicted molar refractivity (Wildman–Crippen MR) is 94.3 cm³/mol. The average Bonchev–Trinajstić information content (AvgIpc) is 2.59. The number of aromatic nitrogens is 2. The maximum atomic E-state index is 12.1. The Kier molecular flexibility index (Phi) is 6.54. The van der Waals surface area contributed by atoms with E-state index in [0.29, 0.717) is 24.7 Å². The standard InChI is InChI=1S/C18H24N4O2/c1-4-5-10-19-17(23)15-11-13(2)21-18(22-15)20-12-14-8-6-7-9-16(14)24-3/h6-9,11H,4-5,10,12H2,1-3H3,(H,19,23)(H,20,21,22). The number of hydrogen-bond acceptors (Lipinski definition) is 5. The summed E-state index contributed by atoms with van der Waals surface area (Å²) in [6.07, 6.45) is 1.99. The second kappa shape index (κ2) is 8.86. The van der Waals surface area contributed by atoms with Gasteiger partial charge in [0.2, 0.25) is 5.95 Å². The maximum Gasteiger partial charge on any atom is 0.270 e. The van der Waals surface area contributed by atoms with Gasteiger partial charge in [-0.15, -0.1) is 0 Å². The van der Waals surface area contributed by atoms with E-state index >= 15 is 0 Å². The largest absolute Gasteiger partial charge is 0.496 e. The van der Waals surface area contributed by atoms with Gasteiger partial charge in [-0.1, -0.05) is 31.5 Å². The summed E-state index contributed by atoms with van der Waals surface area (Å²) in [5.74, 6) is 1.06. The summed E-state index contributed by atoms with van der Waals surface area (Å²) in [4.78, 5) is 20.8. The molecule has 24 heavy (non-hydrogen) atoms. The highest BCUT2D eigenvalue weighted by molar-refractivity contribution is 5.92. The van der Waals surface area contributed by atoms with Gasteiger partial charge in [0.1, 0.15) is 11.4 Å². The molecule has 0 radical (unpaired) electrons. The number of nitrogens with one attached hydrogen (secondary N) is 2. The summed E-state index contributed by atoms with van der Waals surface area (Å²) in [7, 11) is 1.64. The number of ether oxygens (including phenoxy) is 1. The highest BCUT2D eigenvalue weighted by atomic mass is 16.5. The smallest absolute Gasteiger partial charge is 0.270 e. The number of hydrogen-bond donors (Lipinski definition) is 2. The lowest BCUT2D eigenvalue weighted by atomic mass is 10.2. The van der Waals surface area contributed by atoms with Crippen LogP contribution in [0.15, 0.2) is 30.3 Å². The molecule has 0 aliphatic heterocycles. The zero-order valence-corrected chi connectivity index (χ0v) is 14.4. The minimum absolute atomic E-state index is 0.172. The molecule has 0 aliphatic carbocycles. The minimum Gasteiger partial charge on any atom is -0.496 e. The molecule has 1 amide bonds. The van der Waals surface area contributed by atoms with Crippen LogP contribution < -0.4 is 15.4 Å². The number of para-hydroxylation sites is 1. The van der Waals surface area contributed by atoms with Gasteiger partial charge in [0.25, 0.3) is 5.91 Å². The van der Waals surface area contributed by atoms with E-state index < -0.39 is 0 Å². The Hall–Kier alpha value is -2.63. The summed E-state index contributed by atoms with van der Waals surface area (Å²) in [6.45, 7) is 5.10. The van der Waals surface area contributed by atoms with Crippen molar-refractivity contribution in [3.63, 3.8) is 0 Å². The second-order valence-corrected chi connectivity index (χ2v) is 5.49. The van der Waals surface area contributed by atoms with Crippen LogP contribution in [0, 0.1) is 6.92 Å². The molecular formula is C18H24N4O2. The minimum atomic E-state index is -0.172. The van der Waals surface area contributed by atoms with Crippen LogP contribution >= 0.6 is 0 Å². The van der Waals surface area contributed by atoms with Crippen molar-refractivity contribution in [2.45, 2.75) is 33.2 Å². The summed E-state index contributed by atoms with van der Waals surface area (Å²) < 4.78 is 5.33. The monoisotopic (exact) mass is 328 g/mol. The van der Waals surface area contributed by atoms with Crippen molar-refractivity contribution >= 4 is 11.9 Å². The molecule has 2 rings (SSSR count). The first-order chi connectivity index (χ1) is 11.6. The number of rotatable bonds is 8. The summed E-state index contributed by atoms with van der Waals surface area (Å²) in [5, 5.41) is 6.03. The topological polar surface area (TPSA) is 76.1 Å². The van der Waals surface area contributed by atoms with Crippen LogP contribution in [0.4, 0.5) is 5.95 Å². The van der Waals surface area contributed by atoms with Crippen LogP contribution in [0.5, 0.6) is 5.75 Å². The normalized spacial score (nSPS) is 10.3. The van der Waals surface area contributed by atoms with E-state index in [4.69, 9.17) is 4.74 Å². The molecule has 0 atom stereocenters. The number of anilines is 1. The lowest BCUT2D eigenvalue weighted by molar-refractivity contribution is 0.0948. The van der Waals surface area contributed by atoms with Gasteiger partial charge in [0.15, 0.2) is 0 Å². The number of nitrogens with zero attached hydrogens (tertiary/aromatic N) is 2. The second-order valence-electron chi connectivity index (χ2n) is 5.49. The molecule has 0 bridgehead atoms. The van der Waals surface area contributed by atoms with E-state index in [2.05, 4.69) is 27.5 Å². The van der Waals surface area contributed by atoms with Gasteiger partial charge in [-0.3, -0.25) is 4.79 Å². The van der Waals surface area contributed by atoms with E-state index in [9.17, 15) is 4.79 Å². The van der Waals surface area contributed by atoms with Crippen molar-refractivity contribution in [3.8, 4) is 5.75 Å². The molecular weight excluding hydrogens is 304 g/mol. The number of amides is 1. The third-order valence-corrected chi connectivity index (χ3v) is 3.53. The number of benzene rings is 1. The molecule has 0 saturated heterocycles. The van der Waals surface area contributed by atoms with Crippen molar-refractivity contribution in [2.24, 2.45) is 0 Å². The Balaban J connectivity index is 2.06. The fraction of sp³-hybridized carbons (Fsp3) is 0.389. The zero-order chi connectivity index (χ0) is 17.4. The van der Waals surface area contributed by atoms with Crippen LogP contribution in [-0.4, -0.2) is 29.5 Å². The number of aryl methyl sites for hydroxylation is 1. The van der Waals surface area contributed by atoms with Crippen molar-refractivity contribution in [1.29, 1.82) is 0 Å². The highest BCUT2D eigenvalue weighted by Crippen LogP contribution is 2.18. The first-order valence-electron chi connectivity index (χ1n) is 8.13. The molecule has 1 aromatic heterocycles. The molecule has 2 N–H and O–H groups in total. The Labute approximate surface area is 142 Å². The van der Waals surface area contributed by atoms with Gasteiger partial charge in [-0.2, -0.15) is 0 Å². The van der Waals surface area contributed by atoms with Crippen LogP contribution in [0.3, 0.4) is 0 Å². The Bertz CT molecular complexity index is 688. The quantitative estimate of drug-likeness (QED) is 0.729. The third kappa shape index (κ3) is 4.94. The lowest BCUT2D eigenvalue weighted by Gasteiger charge is -2.11. The number of unbranched alkanes of at least 4 members (excludes halogenated alkanes) is 1. The first-order valence-corrected chi connectivity index (χ1v) is 8.13. The number of carbonyl (C=O) groups is 1. The third-order valence-electron chi connectivity index (χ3n) is 3.53. The van der Waals surface area contributed by atoms with Gasteiger partial charge < -0.3 is 15.4 Å². The van der Waals surface area contributed by atoms with Gasteiger partial charge in [-0.25, -0.2) is 9.97 Å². The van der Waals surface area contributed by atoms with Crippen LogP contribution in [-0.2, 0) is 6.54 Å². The molecule has 0 spiro atoms. The average molecular weight is 328 g/mol. The fourth-order valence-electron chi connectivity index (χ4n) is 2.26. The molecule has 6 nitrogen and oxygen atoms in total. The van der Waals surface area contributed by atoms with Crippen LogP contribution in [0.2, 0.25) is 0 Å². The summed E-state index contributed by atoms with van der Waals surface area (Å²) >= 11 is 0. The van der Waals surface area contributed by atoms with Gasteiger partial charge in [0, 0.05) is 24.3 Å². The Morgan fingerprint density at radius 3 is 2.79 bits per heavy atom. The van der Waals surface area contributed by atoms with Crippen LogP contribution in [0.1, 0.15) is 41.5 Å². The van der Waals surface area contributed by atoms with E-state index in [-0.39, 0.29) is 5.91 Å². The SMILES string of the molecule is CCCCNC(=O)c1cc(C)nc(NCc2ccccc2OC)n1. The van der Waals surface area contributed by atoms with Crippen molar-refractivity contribution < 1.29 is 9.53 Å². The molecule has 0 unspecified atom stereocenters. The highest BCUT2D eigenvalue weighted by Gasteiger charge is 2.10. The van der Waals surface area contributed by atoms with E-state index in [1.54, 1.807) is 13.2 Å². The van der Waals surface area contributed by atoms with Gasteiger partial charge in [0.05, 0.1) is 7.11 Å². The number of methoxy groups -OCH3 is 1. The molecule has 6 heteroatoms. The van der Waals surface area contributed by atoms with Gasteiger partial charge >= 0.3 is 0 Å². The van der Waals surface area contributed by atoms with Crippen LogP contribution in [0.25, 0.3) is 0 Å². The fourth-order valence-corrected chi connectivity index (χ4v) is 2.26. The molecule has 128 valence electrons. The van der Waals surface area contributed by atoms with E-state index in [1.165, 1.54) is 0 Å². The Morgan fingerprint density at radius 1 is 1.25 bits per heavy atom. The summed E-state index contributed by atoms with van der Waals surface area (Å²) in [6, 6.07) is 9.43. The number of carbonyl (C=O) groups excluding carboxylic acids is 1. The van der Waals surface area contributed by atoms with E-state index in [0.717, 1.165) is 29.8 Å². The molecule has 1 heterocycles. The molecule has 0 fully saturated rings. The van der Waals surface area contributed by atoms with Crippen molar-refractivity contribution in [3.05, 3.63) is 47.3 Å².